The third-order valence-corrected chi connectivity index (χ3v) is 5.29. The summed E-state index contributed by atoms with van der Waals surface area (Å²) in [5, 5.41) is 17.0. The fraction of sp³-hybridized carbons (Fsp3) is 0.143. The number of benzene rings is 2. The van der Waals surface area contributed by atoms with Crippen molar-refractivity contribution in [1.29, 1.82) is 0 Å². The summed E-state index contributed by atoms with van der Waals surface area (Å²) in [5.74, 6) is -1.30. The van der Waals surface area contributed by atoms with Crippen LogP contribution < -0.4 is 4.72 Å². The standard InChI is InChI=1S/C14H12FN5O3S2/c1-2-16-25(22,23)12-6-4-10(13-14(12)20-24-19-13)18-17-8-3-5-11(21)9(15)7-8/h3-7,16,21H,2H2,1H3. The molecule has 2 aromatic carbocycles. The summed E-state index contributed by atoms with van der Waals surface area (Å²) in [7, 11) is -3.70. The Hall–Kier alpha value is -2.50. The minimum atomic E-state index is -3.70. The number of nitrogens with one attached hydrogen (secondary N) is 1. The number of rotatable bonds is 5. The SMILES string of the molecule is CCNS(=O)(=O)c1ccc(N=Nc2ccc(O)c(F)c2)c2nsnc12. The molecule has 2 N–H and O–H groups in total. The van der Waals surface area contributed by atoms with Crippen LogP contribution in [0.15, 0.2) is 45.5 Å². The zero-order valence-corrected chi connectivity index (χ0v) is 14.5. The van der Waals surface area contributed by atoms with E-state index in [4.69, 9.17) is 5.11 Å². The molecule has 11 heteroatoms. The summed E-state index contributed by atoms with van der Waals surface area (Å²) in [4.78, 5) is 0.00716. The van der Waals surface area contributed by atoms with E-state index in [1.165, 1.54) is 18.2 Å². The number of phenols is 1. The Balaban J connectivity index is 2.03. The van der Waals surface area contributed by atoms with Crippen molar-refractivity contribution in [2.45, 2.75) is 11.8 Å². The summed E-state index contributed by atoms with van der Waals surface area (Å²) in [6, 6.07) is 6.40. The number of hydrogen-bond acceptors (Lipinski definition) is 8. The van der Waals surface area contributed by atoms with Gasteiger partial charge in [0, 0.05) is 12.6 Å². The van der Waals surface area contributed by atoms with E-state index >= 15 is 0 Å². The molecule has 130 valence electrons. The molecule has 0 spiro atoms. The van der Waals surface area contributed by atoms with Gasteiger partial charge < -0.3 is 5.11 Å². The molecule has 8 nitrogen and oxygen atoms in total. The monoisotopic (exact) mass is 381 g/mol. The van der Waals surface area contributed by atoms with E-state index < -0.39 is 21.6 Å². The molecule has 0 aliphatic carbocycles. The van der Waals surface area contributed by atoms with Crippen molar-refractivity contribution in [2.75, 3.05) is 6.54 Å². The predicted octanol–water partition coefficient (Wildman–Crippen LogP) is 3.25. The molecular weight excluding hydrogens is 369 g/mol. The first-order valence-electron chi connectivity index (χ1n) is 7.07. The number of aromatic nitrogens is 2. The van der Waals surface area contributed by atoms with Crippen LogP contribution in [0.1, 0.15) is 6.92 Å². The summed E-state index contributed by atoms with van der Waals surface area (Å²) < 4.78 is 48.2. The lowest BCUT2D eigenvalue weighted by Crippen LogP contribution is -2.23. The Morgan fingerprint density at radius 2 is 1.96 bits per heavy atom. The van der Waals surface area contributed by atoms with Crippen molar-refractivity contribution in [3.8, 4) is 5.75 Å². The molecule has 25 heavy (non-hydrogen) atoms. The normalized spacial score (nSPS) is 12.2. The van der Waals surface area contributed by atoms with E-state index in [1.807, 2.05) is 0 Å². The van der Waals surface area contributed by atoms with Crippen LogP contribution in [0.3, 0.4) is 0 Å². The van der Waals surface area contributed by atoms with Gasteiger partial charge in [0.25, 0.3) is 0 Å². The Morgan fingerprint density at radius 1 is 1.20 bits per heavy atom. The van der Waals surface area contributed by atoms with Crippen LogP contribution in [-0.4, -0.2) is 28.8 Å². The highest BCUT2D eigenvalue weighted by Gasteiger charge is 2.20. The van der Waals surface area contributed by atoms with Gasteiger partial charge in [-0.1, -0.05) is 6.92 Å². The zero-order chi connectivity index (χ0) is 18.0. The molecule has 0 aliphatic rings. The van der Waals surface area contributed by atoms with E-state index in [-0.39, 0.29) is 28.2 Å². The molecular formula is C14H12FN5O3S2. The fourth-order valence-corrected chi connectivity index (χ4v) is 3.87. The van der Waals surface area contributed by atoms with E-state index in [1.54, 1.807) is 6.92 Å². The maximum absolute atomic E-state index is 13.3. The van der Waals surface area contributed by atoms with E-state index in [2.05, 4.69) is 23.7 Å². The van der Waals surface area contributed by atoms with Gasteiger partial charge in [-0.25, -0.2) is 17.5 Å². The molecule has 1 aromatic heterocycles. The zero-order valence-electron chi connectivity index (χ0n) is 12.8. The summed E-state index contributed by atoms with van der Waals surface area (Å²) in [6.45, 7) is 1.92. The molecule has 0 unspecified atom stereocenters. The Labute approximate surface area is 146 Å². The average molecular weight is 381 g/mol. The largest absolute Gasteiger partial charge is 0.505 e. The van der Waals surface area contributed by atoms with Crippen LogP contribution >= 0.6 is 11.7 Å². The van der Waals surface area contributed by atoms with Crippen LogP contribution in [0.25, 0.3) is 11.0 Å². The maximum atomic E-state index is 13.3. The summed E-state index contributed by atoms with van der Waals surface area (Å²) in [5.41, 5.74) is 0.968. The average Bonchev–Trinajstić information content (AvgIpc) is 3.05. The van der Waals surface area contributed by atoms with Crippen LogP contribution in [0.5, 0.6) is 5.75 Å². The molecule has 3 rings (SSSR count). The number of sulfonamides is 1. The van der Waals surface area contributed by atoms with Gasteiger partial charge in [0.1, 0.15) is 21.6 Å². The van der Waals surface area contributed by atoms with Crippen LogP contribution in [0.2, 0.25) is 0 Å². The minimum Gasteiger partial charge on any atom is -0.505 e. The van der Waals surface area contributed by atoms with Crippen LogP contribution in [0, 0.1) is 5.82 Å². The van der Waals surface area contributed by atoms with Crippen LogP contribution in [-0.2, 0) is 10.0 Å². The van der Waals surface area contributed by atoms with Crippen molar-refractivity contribution in [2.24, 2.45) is 10.2 Å². The summed E-state index contributed by atoms with van der Waals surface area (Å²) >= 11 is 0.855. The van der Waals surface area contributed by atoms with Gasteiger partial charge in [-0.2, -0.15) is 13.9 Å². The first kappa shape index (κ1) is 17.3. The number of nitrogens with zero attached hydrogens (tertiary/aromatic N) is 4. The van der Waals surface area contributed by atoms with Crippen molar-refractivity contribution in [1.82, 2.24) is 13.5 Å². The quantitative estimate of drug-likeness (QED) is 0.658. The molecule has 0 radical (unpaired) electrons. The minimum absolute atomic E-state index is 0.00716. The third-order valence-electron chi connectivity index (χ3n) is 3.19. The Bertz CT molecular complexity index is 1070. The highest BCUT2D eigenvalue weighted by molar-refractivity contribution is 7.89. The lowest BCUT2D eigenvalue weighted by molar-refractivity contribution is 0.432. The number of fused-ring (bicyclic) bond motifs is 1. The van der Waals surface area contributed by atoms with Gasteiger partial charge in [0.15, 0.2) is 11.6 Å². The molecule has 0 aliphatic heterocycles. The number of halogens is 1. The van der Waals surface area contributed by atoms with Gasteiger partial charge in [0.2, 0.25) is 10.0 Å². The van der Waals surface area contributed by atoms with Gasteiger partial charge in [-0.15, -0.1) is 5.11 Å². The lowest BCUT2D eigenvalue weighted by Gasteiger charge is -2.05. The molecule has 1 heterocycles. The lowest BCUT2D eigenvalue weighted by atomic mass is 10.3. The molecule has 0 bridgehead atoms. The molecule has 3 aromatic rings. The van der Waals surface area contributed by atoms with Gasteiger partial charge >= 0.3 is 0 Å². The molecule has 0 fully saturated rings. The molecule has 0 saturated heterocycles. The molecule has 0 saturated carbocycles. The van der Waals surface area contributed by atoms with Crippen molar-refractivity contribution in [3.05, 3.63) is 36.1 Å². The van der Waals surface area contributed by atoms with E-state index in [9.17, 15) is 12.8 Å². The Morgan fingerprint density at radius 3 is 2.68 bits per heavy atom. The van der Waals surface area contributed by atoms with Crippen molar-refractivity contribution in [3.63, 3.8) is 0 Å². The first-order chi connectivity index (χ1) is 11.9. The Kier molecular flexibility index (Phi) is 4.70. The van der Waals surface area contributed by atoms with Crippen LogP contribution in [0.4, 0.5) is 15.8 Å². The van der Waals surface area contributed by atoms with Gasteiger partial charge in [0.05, 0.1) is 17.4 Å². The topological polar surface area (TPSA) is 117 Å². The summed E-state index contributed by atoms with van der Waals surface area (Å²) in [6.07, 6.45) is 0. The highest BCUT2D eigenvalue weighted by atomic mass is 32.2. The third kappa shape index (κ3) is 3.48. The smallest absolute Gasteiger partial charge is 0.242 e. The number of aromatic hydroxyl groups is 1. The predicted molar refractivity (Wildman–Crippen MR) is 90.5 cm³/mol. The second kappa shape index (κ2) is 6.78. The van der Waals surface area contributed by atoms with Crippen molar-refractivity contribution >= 4 is 44.2 Å². The number of azo groups is 1. The maximum Gasteiger partial charge on any atom is 0.242 e. The van der Waals surface area contributed by atoms with Crippen molar-refractivity contribution < 1.29 is 17.9 Å². The van der Waals surface area contributed by atoms with E-state index in [0.717, 1.165) is 23.9 Å². The van der Waals surface area contributed by atoms with E-state index in [0.29, 0.717) is 5.69 Å². The number of hydrogen-bond donors (Lipinski definition) is 2. The van der Waals surface area contributed by atoms with Gasteiger partial charge in [-0.3, -0.25) is 0 Å². The number of phenolic OH excluding ortho intramolecular Hbond substituents is 1. The molecule has 0 atom stereocenters. The molecule has 0 amide bonds. The van der Waals surface area contributed by atoms with Gasteiger partial charge in [-0.05, 0) is 24.3 Å². The second-order valence-electron chi connectivity index (χ2n) is 4.88. The fourth-order valence-electron chi connectivity index (χ4n) is 2.07. The first-order valence-corrected chi connectivity index (χ1v) is 9.29. The second-order valence-corrected chi connectivity index (χ2v) is 7.15. The highest BCUT2D eigenvalue weighted by Crippen LogP contribution is 2.31.